The summed E-state index contributed by atoms with van der Waals surface area (Å²) in [6.45, 7) is 3.46. The summed E-state index contributed by atoms with van der Waals surface area (Å²) in [6, 6.07) is -4.58. The zero-order valence-electron chi connectivity index (χ0n) is 18.4. The standard InChI is InChI=1S/C19H31N7O6S/c1-9(2)15(21)18(30)24-11(3-4-14(20)27)16(28)26-13(7-33)17(29)25-12(19(31)32)5-10-6-22-8-23-10/h6,8-9,11-13,15,33H,3-5,7,21H2,1-2H3,(H2,20,27)(H,22,23)(H,24,30)(H,25,29)(H,26,28)(H,31,32). The molecule has 0 aliphatic carbocycles. The first kappa shape index (κ1) is 27.9. The van der Waals surface area contributed by atoms with E-state index < -0.39 is 53.8 Å². The van der Waals surface area contributed by atoms with Gasteiger partial charge >= 0.3 is 5.97 Å². The molecule has 13 nitrogen and oxygen atoms in total. The van der Waals surface area contributed by atoms with E-state index in [1.165, 1.54) is 12.5 Å². The Bertz CT molecular complexity index is 833. The van der Waals surface area contributed by atoms with E-state index in [0.29, 0.717) is 5.69 Å². The number of hydrogen-bond donors (Lipinski definition) is 8. The molecule has 9 N–H and O–H groups in total. The number of primary amides is 1. The number of aliphatic carboxylic acids is 1. The van der Waals surface area contributed by atoms with Gasteiger partial charge in [0.2, 0.25) is 23.6 Å². The number of carboxylic acids is 1. The molecule has 4 atom stereocenters. The van der Waals surface area contributed by atoms with Crippen molar-refractivity contribution in [2.75, 3.05) is 5.75 Å². The van der Waals surface area contributed by atoms with E-state index in [2.05, 4.69) is 38.5 Å². The first-order valence-electron chi connectivity index (χ1n) is 10.2. The molecule has 0 bridgehead atoms. The fraction of sp³-hybridized carbons (Fsp3) is 0.579. The van der Waals surface area contributed by atoms with Gasteiger partial charge in [-0.3, -0.25) is 19.2 Å². The molecule has 0 spiro atoms. The number of amides is 4. The highest BCUT2D eigenvalue weighted by Gasteiger charge is 2.30. The van der Waals surface area contributed by atoms with Gasteiger partial charge in [0.15, 0.2) is 0 Å². The molecule has 184 valence electrons. The lowest BCUT2D eigenvalue weighted by atomic mass is 10.0. The molecule has 0 aliphatic heterocycles. The highest BCUT2D eigenvalue weighted by Crippen LogP contribution is 2.05. The largest absolute Gasteiger partial charge is 0.480 e. The average molecular weight is 486 g/mol. The van der Waals surface area contributed by atoms with Crippen LogP contribution in [0.1, 0.15) is 32.4 Å². The topological polar surface area (TPSA) is 222 Å². The molecule has 0 aromatic carbocycles. The van der Waals surface area contributed by atoms with Crippen LogP contribution < -0.4 is 27.4 Å². The Kier molecular flexibility index (Phi) is 11.4. The van der Waals surface area contributed by atoms with Gasteiger partial charge in [-0.2, -0.15) is 12.6 Å². The second-order valence-corrected chi connectivity index (χ2v) is 8.13. The van der Waals surface area contributed by atoms with Crippen LogP contribution in [0.25, 0.3) is 0 Å². The van der Waals surface area contributed by atoms with Gasteiger partial charge in [0.05, 0.1) is 12.4 Å². The van der Waals surface area contributed by atoms with Crippen LogP contribution in [-0.4, -0.2) is 74.6 Å². The van der Waals surface area contributed by atoms with Crippen molar-refractivity contribution in [3.63, 3.8) is 0 Å². The number of rotatable bonds is 14. The summed E-state index contributed by atoms with van der Waals surface area (Å²) in [5.41, 5.74) is 11.4. The number of nitrogens with zero attached hydrogens (tertiary/aromatic N) is 1. The Morgan fingerprint density at radius 1 is 1.06 bits per heavy atom. The average Bonchev–Trinajstić information content (AvgIpc) is 3.26. The number of thiol groups is 1. The van der Waals surface area contributed by atoms with E-state index in [-0.39, 0.29) is 30.9 Å². The van der Waals surface area contributed by atoms with E-state index in [0.717, 1.165) is 0 Å². The monoisotopic (exact) mass is 485 g/mol. The second kappa shape index (κ2) is 13.4. The predicted octanol–water partition coefficient (Wildman–Crippen LogP) is -2.33. The summed E-state index contributed by atoms with van der Waals surface area (Å²) in [6.07, 6.45) is 2.43. The highest BCUT2D eigenvalue weighted by molar-refractivity contribution is 7.80. The summed E-state index contributed by atoms with van der Waals surface area (Å²) < 4.78 is 0. The van der Waals surface area contributed by atoms with Crippen molar-refractivity contribution in [2.24, 2.45) is 17.4 Å². The molecule has 0 saturated carbocycles. The minimum Gasteiger partial charge on any atom is -0.480 e. The van der Waals surface area contributed by atoms with Gasteiger partial charge in [-0.1, -0.05) is 13.8 Å². The molecule has 0 radical (unpaired) electrons. The first-order valence-corrected chi connectivity index (χ1v) is 10.8. The molecule has 0 fully saturated rings. The van der Waals surface area contributed by atoms with Gasteiger partial charge < -0.3 is 37.5 Å². The van der Waals surface area contributed by atoms with Gasteiger partial charge in [-0.05, 0) is 12.3 Å². The normalized spacial score (nSPS) is 14.6. The van der Waals surface area contributed by atoms with E-state index >= 15 is 0 Å². The quantitative estimate of drug-likeness (QED) is 0.133. The van der Waals surface area contributed by atoms with Crippen LogP contribution >= 0.6 is 12.6 Å². The number of imidazole rings is 1. The van der Waals surface area contributed by atoms with E-state index in [9.17, 15) is 29.1 Å². The first-order chi connectivity index (χ1) is 15.5. The van der Waals surface area contributed by atoms with E-state index in [1.807, 2.05) is 0 Å². The molecule has 0 saturated heterocycles. The predicted molar refractivity (Wildman–Crippen MR) is 121 cm³/mol. The van der Waals surface area contributed by atoms with Crippen LogP contribution in [-0.2, 0) is 30.4 Å². The fourth-order valence-corrected chi connectivity index (χ4v) is 2.94. The smallest absolute Gasteiger partial charge is 0.326 e. The Hall–Kier alpha value is -3.13. The Morgan fingerprint density at radius 2 is 1.64 bits per heavy atom. The Balaban J connectivity index is 2.87. The van der Waals surface area contributed by atoms with Crippen molar-refractivity contribution in [1.82, 2.24) is 25.9 Å². The minimum absolute atomic E-state index is 0.0568. The van der Waals surface area contributed by atoms with Crippen molar-refractivity contribution >= 4 is 42.2 Å². The third-order valence-electron chi connectivity index (χ3n) is 4.74. The molecule has 1 rings (SSSR count). The molecule has 1 aromatic heterocycles. The number of nitrogens with one attached hydrogen (secondary N) is 4. The zero-order chi connectivity index (χ0) is 25.1. The number of hydrogen-bond acceptors (Lipinski definition) is 8. The minimum atomic E-state index is -1.29. The van der Waals surface area contributed by atoms with Gasteiger partial charge in [0, 0.05) is 30.5 Å². The number of aromatic nitrogens is 2. The van der Waals surface area contributed by atoms with Crippen LogP contribution in [0.4, 0.5) is 0 Å². The Morgan fingerprint density at radius 3 is 2.12 bits per heavy atom. The molecule has 1 aromatic rings. The summed E-state index contributed by atoms with van der Waals surface area (Å²) in [5, 5.41) is 16.6. The molecule has 33 heavy (non-hydrogen) atoms. The zero-order valence-corrected chi connectivity index (χ0v) is 19.3. The van der Waals surface area contributed by atoms with Crippen molar-refractivity contribution in [2.45, 2.75) is 57.3 Å². The highest BCUT2D eigenvalue weighted by atomic mass is 32.1. The molecule has 4 amide bonds. The molecule has 1 heterocycles. The van der Waals surface area contributed by atoms with Gasteiger partial charge in [0.1, 0.15) is 18.1 Å². The van der Waals surface area contributed by atoms with Crippen molar-refractivity contribution < 1.29 is 29.1 Å². The van der Waals surface area contributed by atoms with Crippen LogP contribution in [0, 0.1) is 5.92 Å². The van der Waals surface area contributed by atoms with E-state index in [1.54, 1.807) is 13.8 Å². The van der Waals surface area contributed by atoms with Crippen LogP contribution in [0.15, 0.2) is 12.5 Å². The number of carbonyl (C=O) groups excluding carboxylic acids is 4. The number of H-pyrrole nitrogens is 1. The second-order valence-electron chi connectivity index (χ2n) is 7.76. The number of aromatic amines is 1. The molecule has 0 aliphatic rings. The number of carboxylic acid groups (broad SMARTS) is 1. The van der Waals surface area contributed by atoms with Gasteiger partial charge in [-0.15, -0.1) is 0 Å². The summed E-state index contributed by atoms with van der Waals surface area (Å²) in [4.78, 5) is 66.9. The fourth-order valence-electron chi connectivity index (χ4n) is 2.68. The number of nitrogens with two attached hydrogens (primary N) is 2. The van der Waals surface area contributed by atoms with Gasteiger partial charge in [-0.25, -0.2) is 9.78 Å². The lowest BCUT2D eigenvalue weighted by Crippen LogP contribution is -2.58. The van der Waals surface area contributed by atoms with Crippen LogP contribution in [0.2, 0.25) is 0 Å². The maximum Gasteiger partial charge on any atom is 0.326 e. The molecular weight excluding hydrogens is 454 g/mol. The lowest BCUT2D eigenvalue weighted by molar-refractivity contribution is -0.142. The summed E-state index contributed by atoms with van der Waals surface area (Å²) >= 11 is 4.05. The summed E-state index contributed by atoms with van der Waals surface area (Å²) in [7, 11) is 0. The SMILES string of the molecule is CC(C)C(N)C(=O)NC(CCC(N)=O)C(=O)NC(CS)C(=O)NC(Cc1cnc[nH]1)C(=O)O. The van der Waals surface area contributed by atoms with Crippen LogP contribution in [0.3, 0.4) is 0 Å². The number of carbonyl (C=O) groups is 5. The lowest BCUT2D eigenvalue weighted by Gasteiger charge is -2.25. The van der Waals surface area contributed by atoms with Crippen molar-refractivity contribution in [3.05, 3.63) is 18.2 Å². The van der Waals surface area contributed by atoms with Gasteiger partial charge in [0.25, 0.3) is 0 Å². The van der Waals surface area contributed by atoms with E-state index in [4.69, 9.17) is 11.5 Å². The molecule has 14 heteroatoms. The molecule has 4 unspecified atom stereocenters. The van der Waals surface area contributed by atoms with Crippen molar-refractivity contribution in [1.29, 1.82) is 0 Å². The van der Waals surface area contributed by atoms with Crippen molar-refractivity contribution in [3.8, 4) is 0 Å². The maximum absolute atomic E-state index is 12.8. The third kappa shape index (κ3) is 9.49. The van der Waals surface area contributed by atoms with Crippen LogP contribution in [0.5, 0.6) is 0 Å². The third-order valence-corrected chi connectivity index (χ3v) is 5.11. The Labute approximate surface area is 196 Å². The maximum atomic E-state index is 12.8. The summed E-state index contributed by atoms with van der Waals surface area (Å²) in [5.74, 6) is -4.48. The molecular formula is C19H31N7O6S.